The number of carboxylic acids is 1. The zero-order valence-electron chi connectivity index (χ0n) is 11.2. The van der Waals surface area contributed by atoms with Crippen LogP contribution < -0.4 is 15.2 Å². The normalized spacial score (nSPS) is 18.4. The van der Waals surface area contributed by atoms with Gasteiger partial charge in [-0.1, -0.05) is 6.07 Å². The number of benzene rings is 1. The van der Waals surface area contributed by atoms with Crippen LogP contribution in [0.5, 0.6) is 11.5 Å². The predicted octanol–water partition coefficient (Wildman–Crippen LogP) is 1.75. The van der Waals surface area contributed by atoms with E-state index in [2.05, 4.69) is 0 Å². The van der Waals surface area contributed by atoms with Crippen molar-refractivity contribution >= 4 is 5.97 Å². The number of rotatable bonds is 4. The molecule has 19 heavy (non-hydrogen) atoms. The summed E-state index contributed by atoms with van der Waals surface area (Å²) in [6.45, 7) is 4.23. The van der Waals surface area contributed by atoms with Gasteiger partial charge in [0.2, 0.25) is 0 Å². The van der Waals surface area contributed by atoms with Crippen LogP contribution in [-0.2, 0) is 4.79 Å². The summed E-state index contributed by atoms with van der Waals surface area (Å²) in [6, 6.07) is 5.40. The van der Waals surface area contributed by atoms with Gasteiger partial charge in [0, 0.05) is 12.0 Å². The fourth-order valence-corrected chi connectivity index (χ4v) is 2.09. The van der Waals surface area contributed by atoms with Gasteiger partial charge in [-0.05, 0) is 38.4 Å². The van der Waals surface area contributed by atoms with Crippen LogP contribution in [0.25, 0.3) is 0 Å². The van der Waals surface area contributed by atoms with Crippen molar-refractivity contribution in [3.8, 4) is 11.5 Å². The van der Waals surface area contributed by atoms with Crippen LogP contribution in [0, 0.1) is 0 Å². The largest absolute Gasteiger partial charge is 0.493 e. The van der Waals surface area contributed by atoms with Crippen molar-refractivity contribution < 1.29 is 19.4 Å². The Kier molecular flexibility index (Phi) is 3.66. The van der Waals surface area contributed by atoms with E-state index in [-0.39, 0.29) is 0 Å². The lowest BCUT2D eigenvalue weighted by atomic mass is 9.93. The topological polar surface area (TPSA) is 81.8 Å². The molecule has 5 heteroatoms. The van der Waals surface area contributed by atoms with Gasteiger partial charge in [0.25, 0.3) is 0 Å². The van der Waals surface area contributed by atoms with E-state index < -0.39 is 11.6 Å². The molecule has 1 unspecified atom stereocenters. The maximum Gasteiger partial charge on any atom is 0.347 e. The van der Waals surface area contributed by atoms with Crippen molar-refractivity contribution in [3.05, 3.63) is 23.8 Å². The predicted molar refractivity (Wildman–Crippen MR) is 70.7 cm³/mol. The number of ether oxygens (including phenoxy) is 2. The van der Waals surface area contributed by atoms with Crippen molar-refractivity contribution in [1.29, 1.82) is 0 Å². The van der Waals surface area contributed by atoms with E-state index in [0.717, 1.165) is 17.7 Å². The molecule has 1 aliphatic rings. The van der Waals surface area contributed by atoms with Crippen LogP contribution in [0.15, 0.2) is 18.2 Å². The molecular formula is C14H19NO4. The van der Waals surface area contributed by atoms with Crippen LogP contribution >= 0.6 is 0 Å². The van der Waals surface area contributed by atoms with E-state index in [9.17, 15) is 4.79 Å². The molecule has 0 bridgehead atoms. The summed E-state index contributed by atoms with van der Waals surface area (Å²) in [5.74, 6) is 0.514. The third-order valence-corrected chi connectivity index (χ3v) is 3.32. The first kappa shape index (κ1) is 13.7. The van der Waals surface area contributed by atoms with E-state index in [1.165, 1.54) is 13.8 Å². The number of hydrogen-bond donors (Lipinski definition) is 2. The fraction of sp³-hybridized carbons (Fsp3) is 0.500. The molecule has 0 aromatic heterocycles. The lowest BCUT2D eigenvalue weighted by Gasteiger charge is -2.27. The van der Waals surface area contributed by atoms with Gasteiger partial charge < -0.3 is 20.3 Å². The number of carboxylic acid groups (broad SMARTS) is 1. The Morgan fingerprint density at radius 3 is 2.95 bits per heavy atom. The SMILES string of the molecule is CC(C)(Oc1ccc2c(c1)OCCC2CN)C(=O)O. The second-order valence-corrected chi connectivity index (χ2v) is 5.19. The highest BCUT2D eigenvalue weighted by molar-refractivity contribution is 5.76. The van der Waals surface area contributed by atoms with Gasteiger partial charge in [0.1, 0.15) is 11.5 Å². The lowest BCUT2D eigenvalue weighted by Crippen LogP contribution is -2.37. The Morgan fingerprint density at radius 2 is 2.32 bits per heavy atom. The Hall–Kier alpha value is -1.75. The summed E-state index contributed by atoms with van der Waals surface area (Å²) in [6.07, 6.45) is 0.907. The quantitative estimate of drug-likeness (QED) is 0.866. The molecule has 0 saturated carbocycles. The Morgan fingerprint density at radius 1 is 1.58 bits per heavy atom. The fourth-order valence-electron chi connectivity index (χ4n) is 2.09. The maximum atomic E-state index is 11.0. The maximum absolute atomic E-state index is 11.0. The average Bonchev–Trinajstić information content (AvgIpc) is 2.37. The molecule has 1 aliphatic heterocycles. The molecule has 1 atom stereocenters. The van der Waals surface area contributed by atoms with Crippen LogP contribution in [-0.4, -0.2) is 29.8 Å². The van der Waals surface area contributed by atoms with E-state index in [4.69, 9.17) is 20.3 Å². The summed E-state index contributed by atoms with van der Waals surface area (Å²) in [7, 11) is 0. The minimum atomic E-state index is -1.27. The Balaban J connectivity index is 2.24. The van der Waals surface area contributed by atoms with Crippen molar-refractivity contribution in [1.82, 2.24) is 0 Å². The molecule has 3 N–H and O–H groups in total. The molecule has 1 aromatic rings. The summed E-state index contributed by atoms with van der Waals surface area (Å²) >= 11 is 0. The Labute approximate surface area is 112 Å². The zero-order valence-corrected chi connectivity index (χ0v) is 11.2. The van der Waals surface area contributed by atoms with Crippen molar-refractivity contribution in [3.63, 3.8) is 0 Å². The first-order valence-corrected chi connectivity index (χ1v) is 6.33. The molecule has 1 aromatic carbocycles. The van der Waals surface area contributed by atoms with Crippen LogP contribution in [0.4, 0.5) is 0 Å². The minimum absolute atomic E-state index is 0.297. The molecule has 0 saturated heterocycles. The molecule has 0 aliphatic carbocycles. The summed E-state index contributed by atoms with van der Waals surface area (Å²) in [5, 5.41) is 9.05. The third kappa shape index (κ3) is 2.81. The number of fused-ring (bicyclic) bond motifs is 1. The van der Waals surface area contributed by atoms with Crippen LogP contribution in [0.2, 0.25) is 0 Å². The van der Waals surface area contributed by atoms with Gasteiger partial charge >= 0.3 is 5.97 Å². The molecule has 0 fully saturated rings. The van der Waals surface area contributed by atoms with Crippen molar-refractivity contribution in [2.75, 3.05) is 13.2 Å². The summed E-state index contributed by atoms with van der Waals surface area (Å²) in [5.41, 5.74) is 5.53. The highest BCUT2D eigenvalue weighted by Crippen LogP contribution is 2.36. The molecule has 0 spiro atoms. The second kappa shape index (κ2) is 5.09. The minimum Gasteiger partial charge on any atom is -0.493 e. The van der Waals surface area contributed by atoms with Crippen molar-refractivity contribution in [2.24, 2.45) is 5.73 Å². The number of carbonyl (C=O) groups is 1. The van der Waals surface area contributed by atoms with E-state index in [1.54, 1.807) is 12.1 Å². The first-order chi connectivity index (χ1) is 8.94. The number of nitrogens with two attached hydrogens (primary N) is 1. The lowest BCUT2D eigenvalue weighted by molar-refractivity contribution is -0.152. The molecule has 1 heterocycles. The molecule has 5 nitrogen and oxygen atoms in total. The average molecular weight is 265 g/mol. The van der Waals surface area contributed by atoms with Gasteiger partial charge in [0.05, 0.1) is 6.61 Å². The van der Waals surface area contributed by atoms with Gasteiger partial charge in [0.15, 0.2) is 5.60 Å². The molecule has 2 rings (SSSR count). The molecule has 0 radical (unpaired) electrons. The van der Waals surface area contributed by atoms with Crippen molar-refractivity contribution in [2.45, 2.75) is 31.8 Å². The summed E-state index contributed by atoms with van der Waals surface area (Å²) < 4.78 is 11.1. The smallest absolute Gasteiger partial charge is 0.347 e. The second-order valence-electron chi connectivity index (χ2n) is 5.19. The van der Waals surface area contributed by atoms with Crippen LogP contribution in [0.1, 0.15) is 31.7 Å². The molecule has 0 amide bonds. The molecular weight excluding hydrogens is 246 g/mol. The van der Waals surface area contributed by atoms with E-state index in [1.807, 2.05) is 6.07 Å². The van der Waals surface area contributed by atoms with Gasteiger partial charge in [-0.25, -0.2) is 4.79 Å². The van der Waals surface area contributed by atoms with Gasteiger partial charge in [-0.15, -0.1) is 0 Å². The summed E-state index contributed by atoms with van der Waals surface area (Å²) in [4.78, 5) is 11.0. The standard InChI is InChI=1S/C14H19NO4/c1-14(2,13(16)17)19-10-3-4-11-9(8-15)5-6-18-12(11)7-10/h3-4,7,9H,5-6,8,15H2,1-2H3,(H,16,17). The highest BCUT2D eigenvalue weighted by atomic mass is 16.5. The van der Waals surface area contributed by atoms with Gasteiger partial charge in [-0.2, -0.15) is 0 Å². The third-order valence-electron chi connectivity index (χ3n) is 3.32. The van der Waals surface area contributed by atoms with Crippen LogP contribution in [0.3, 0.4) is 0 Å². The zero-order chi connectivity index (χ0) is 14.0. The number of hydrogen-bond acceptors (Lipinski definition) is 4. The van der Waals surface area contributed by atoms with E-state index >= 15 is 0 Å². The molecule has 104 valence electrons. The highest BCUT2D eigenvalue weighted by Gasteiger charge is 2.30. The Bertz CT molecular complexity index is 484. The first-order valence-electron chi connectivity index (χ1n) is 6.33. The van der Waals surface area contributed by atoms with E-state index in [0.29, 0.717) is 24.8 Å². The monoisotopic (exact) mass is 265 g/mol. The van der Waals surface area contributed by atoms with Gasteiger partial charge in [-0.3, -0.25) is 0 Å². The number of aliphatic carboxylic acids is 1.